The standard InChI is InChI=1S/C12H24N6/c1-4-7-16-10(13)17(8-5-2)12(15)18(9-6-3)11(16)14/h13-15H,4-9H2,1-3H3. The first-order valence-corrected chi connectivity index (χ1v) is 6.66. The first-order chi connectivity index (χ1) is 8.58. The maximum Gasteiger partial charge on any atom is 0.207 e. The summed E-state index contributed by atoms with van der Waals surface area (Å²) in [6.45, 7) is 8.08. The van der Waals surface area contributed by atoms with Crippen LogP contribution < -0.4 is 16.9 Å². The molecular formula is C12H24N6. The fourth-order valence-electron chi connectivity index (χ4n) is 2.04. The molecule has 0 bridgehead atoms. The zero-order chi connectivity index (χ0) is 13.7. The molecule has 0 saturated heterocycles. The van der Waals surface area contributed by atoms with Crippen molar-refractivity contribution in [3.63, 3.8) is 0 Å². The number of hydrogen-bond donors (Lipinski definition) is 3. The molecule has 1 aromatic rings. The van der Waals surface area contributed by atoms with Crippen LogP contribution >= 0.6 is 0 Å². The first-order valence-electron chi connectivity index (χ1n) is 6.66. The average molecular weight is 252 g/mol. The van der Waals surface area contributed by atoms with Crippen molar-refractivity contribution in [2.75, 3.05) is 0 Å². The van der Waals surface area contributed by atoms with Crippen LogP contribution in [0.5, 0.6) is 0 Å². The van der Waals surface area contributed by atoms with Gasteiger partial charge in [0.15, 0.2) is 0 Å². The molecule has 0 unspecified atom stereocenters. The van der Waals surface area contributed by atoms with E-state index in [0.29, 0.717) is 19.6 Å². The average Bonchev–Trinajstić information content (AvgIpc) is 2.35. The molecule has 0 aliphatic heterocycles. The van der Waals surface area contributed by atoms with E-state index in [2.05, 4.69) is 0 Å². The Morgan fingerprint density at radius 2 is 0.833 bits per heavy atom. The van der Waals surface area contributed by atoms with E-state index in [-0.39, 0.29) is 16.9 Å². The van der Waals surface area contributed by atoms with Crippen LogP contribution in [0, 0.1) is 16.2 Å². The van der Waals surface area contributed by atoms with E-state index in [1.54, 1.807) is 13.7 Å². The molecule has 0 aliphatic rings. The predicted molar refractivity (Wildman–Crippen MR) is 68.8 cm³/mol. The molecule has 6 heteroatoms. The molecular weight excluding hydrogens is 228 g/mol. The molecule has 0 amide bonds. The molecule has 3 N–H and O–H groups in total. The van der Waals surface area contributed by atoms with Gasteiger partial charge in [0.25, 0.3) is 0 Å². The largest absolute Gasteiger partial charge is 0.282 e. The summed E-state index contributed by atoms with van der Waals surface area (Å²) in [6.07, 6.45) is 2.66. The van der Waals surface area contributed by atoms with Crippen molar-refractivity contribution in [3.8, 4) is 0 Å². The van der Waals surface area contributed by atoms with Crippen molar-refractivity contribution in [1.29, 1.82) is 16.2 Å². The molecule has 0 aliphatic carbocycles. The summed E-state index contributed by atoms with van der Waals surface area (Å²) in [5.74, 6) is 0. The van der Waals surface area contributed by atoms with Crippen molar-refractivity contribution >= 4 is 0 Å². The van der Waals surface area contributed by atoms with Gasteiger partial charge in [0.1, 0.15) is 0 Å². The number of aromatic nitrogens is 3. The summed E-state index contributed by atoms with van der Waals surface area (Å²) in [6, 6.07) is 0. The van der Waals surface area contributed by atoms with E-state index >= 15 is 0 Å². The summed E-state index contributed by atoms with van der Waals surface area (Å²) >= 11 is 0. The Morgan fingerprint density at radius 1 is 0.611 bits per heavy atom. The molecule has 1 rings (SSSR count). The molecule has 6 nitrogen and oxygen atoms in total. The molecule has 0 fully saturated rings. The normalized spacial score (nSPS) is 10.8. The maximum absolute atomic E-state index is 8.14. The van der Waals surface area contributed by atoms with Crippen molar-refractivity contribution in [2.24, 2.45) is 0 Å². The molecule has 102 valence electrons. The molecule has 0 spiro atoms. The van der Waals surface area contributed by atoms with Gasteiger partial charge in [-0.15, -0.1) is 0 Å². The van der Waals surface area contributed by atoms with Gasteiger partial charge in [0, 0.05) is 19.6 Å². The highest BCUT2D eigenvalue weighted by Gasteiger charge is 2.07. The minimum Gasteiger partial charge on any atom is -0.282 e. The Kier molecular flexibility index (Phi) is 5.12. The van der Waals surface area contributed by atoms with Gasteiger partial charge in [-0.1, -0.05) is 20.8 Å². The lowest BCUT2D eigenvalue weighted by molar-refractivity contribution is 0.400. The Bertz CT molecular complexity index is 448. The lowest BCUT2D eigenvalue weighted by atomic mass is 10.4. The SMILES string of the molecule is CCCn1c(=N)n(CCC)c(=N)n(CCC)c1=N. The van der Waals surface area contributed by atoms with Crippen molar-refractivity contribution in [2.45, 2.75) is 59.7 Å². The minimum absolute atomic E-state index is 0.265. The zero-order valence-electron chi connectivity index (χ0n) is 11.6. The third-order valence-corrected chi connectivity index (χ3v) is 2.88. The highest BCUT2D eigenvalue weighted by Crippen LogP contribution is 1.85. The van der Waals surface area contributed by atoms with Crippen LogP contribution in [0.25, 0.3) is 0 Å². The summed E-state index contributed by atoms with van der Waals surface area (Å²) < 4.78 is 5.05. The predicted octanol–water partition coefficient (Wildman–Crippen LogP) is 0.760. The molecule has 18 heavy (non-hydrogen) atoms. The maximum atomic E-state index is 8.14. The first kappa shape index (κ1) is 14.5. The number of hydrogen-bond acceptors (Lipinski definition) is 3. The Morgan fingerprint density at radius 3 is 1.00 bits per heavy atom. The second-order valence-electron chi connectivity index (χ2n) is 4.43. The van der Waals surface area contributed by atoms with Gasteiger partial charge in [0.2, 0.25) is 16.9 Å². The molecule has 0 atom stereocenters. The van der Waals surface area contributed by atoms with Crippen molar-refractivity contribution < 1.29 is 0 Å². The van der Waals surface area contributed by atoms with Crippen LogP contribution in [0.1, 0.15) is 40.0 Å². The van der Waals surface area contributed by atoms with Crippen LogP contribution in [0.15, 0.2) is 0 Å². The molecule has 0 saturated carbocycles. The third kappa shape index (κ3) is 2.63. The van der Waals surface area contributed by atoms with E-state index in [0.717, 1.165) is 19.3 Å². The summed E-state index contributed by atoms with van der Waals surface area (Å²) in [7, 11) is 0. The molecule has 1 aromatic heterocycles. The Hall–Kier alpha value is -1.59. The Balaban J connectivity index is 3.59. The quantitative estimate of drug-likeness (QED) is 0.667. The summed E-state index contributed by atoms with van der Waals surface area (Å²) in [5.41, 5.74) is 0.795. The zero-order valence-corrected chi connectivity index (χ0v) is 11.6. The van der Waals surface area contributed by atoms with E-state index < -0.39 is 0 Å². The van der Waals surface area contributed by atoms with Gasteiger partial charge in [-0.3, -0.25) is 29.9 Å². The van der Waals surface area contributed by atoms with Crippen LogP contribution in [0.2, 0.25) is 0 Å². The summed E-state index contributed by atoms with van der Waals surface area (Å²) in [5, 5.41) is 24.4. The third-order valence-electron chi connectivity index (χ3n) is 2.88. The van der Waals surface area contributed by atoms with E-state index in [1.165, 1.54) is 0 Å². The Labute approximate surface area is 107 Å². The van der Waals surface area contributed by atoms with Crippen LogP contribution in [0.3, 0.4) is 0 Å². The number of nitrogens with one attached hydrogen (secondary N) is 3. The van der Waals surface area contributed by atoms with Gasteiger partial charge in [-0.05, 0) is 19.3 Å². The topological polar surface area (TPSA) is 86.3 Å². The van der Waals surface area contributed by atoms with Gasteiger partial charge < -0.3 is 0 Å². The molecule has 1 heterocycles. The van der Waals surface area contributed by atoms with Gasteiger partial charge >= 0.3 is 0 Å². The van der Waals surface area contributed by atoms with Gasteiger partial charge in [0.05, 0.1) is 0 Å². The smallest absolute Gasteiger partial charge is 0.207 e. The van der Waals surface area contributed by atoms with Crippen LogP contribution in [-0.4, -0.2) is 13.7 Å². The van der Waals surface area contributed by atoms with Gasteiger partial charge in [-0.25, -0.2) is 0 Å². The molecule has 0 radical (unpaired) electrons. The van der Waals surface area contributed by atoms with Crippen LogP contribution in [-0.2, 0) is 19.6 Å². The number of rotatable bonds is 6. The second kappa shape index (κ2) is 6.37. The van der Waals surface area contributed by atoms with Crippen molar-refractivity contribution in [3.05, 3.63) is 16.9 Å². The van der Waals surface area contributed by atoms with Gasteiger partial charge in [-0.2, -0.15) is 0 Å². The van der Waals surface area contributed by atoms with Crippen molar-refractivity contribution in [1.82, 2.24) is 13.7 Å². The molecule has 0 aromatic carbocycles. The fourth-order valence-corrected chi connectivity index (χ4v) is 2.04. The van der Waals surface area contributed by atoms with E-state index in [9.17, 15) is 0 Å². The second-order valence-corrected chi connectivity index (χ2v) is 4.43. The monoisotopic (exact) mass is 252 g/mol. The van der Waals surface area contributed by atoms with E-state index in [4.69, 9.17) is 16.2 Å². The minimum atomic E-state index is 0.265. The lowest BCUT2D eigenvalue weighted by Gasteiger charge is -2.17. The van der Waals surface area contributed by atoms with Crippen LogP contribution in [0.4, 0.5) is 0 Å². The summed E-state index contributed by atoms with van der Waals surface area (Å²) in [4.78, 5) is 0. The highest BCUT2D eigenvalue weighted by atomic mass is 15.3. The number of nitrogens with zero attached hydrogens (tertiary/aromatic N) is 3. The lowest BCUT2D eigenvalue weighted by Crippen LogP contribution is -2.54. The fraction of sp³-hybridized carbons (Fsp3) is 0.750. The highest BCUT2D eigenvalue weighted by molar-refractivity contribution is 4.72. The van der Waals surface area contributed by atoms with E-state index in [1.807, 2.05) is 20.8 Å².